The number of hydrogen-bond donors (Lipinski definition) is 1. The first kappa shape index (κ1) is 10.6. The van der Waals surface area contributed by atoms with E-state index < -0.39 is 5.82 Å². The Bertz CT molecular complexity index is 288. The first-order chi connectivity index (χ1) is 6.69. The van der Waals surface area contributed by atoms with E-state index in [9.17, 15) is 4.39 Å². The molecule has 4 heteroatoms. The van der Waals surface area contributed by atoms with Crippen LogP contribution in [0.25, 0.3) is 0 Å². The average molecular weight is 199 g/mol. The van der Waals surface area contributed by atoms with Gasteiger partial charge in [-0.25, -0.2) is 4.39 Å². The lowest BCUT2D eigenvalue weighted by atomic mass is 10.2. The molecule has 0 unspecified atom stereocenters. The Labute approximate surface area is 82.6 Å². The number of nitrogens with two attached hydrogens (primary N) is 1. The second-order valence-electron chi connectivity index (χ2n) is 2.69. The summed E-state index contributed by atoms with van der Waals surface area (Å²) in [7, 11) is 0. The van der Waals surface area contributed by atoms with Crippen LogP contribution in [0.4, 0.5) is 10.1 Å². The fourth-order valence-electron chi connectivity index (χ4n) is 1.10. The van der Waals surface area contributed by atoms with Gasteiger partial charge in [0.2, 0.25) is 0 Å². The summed E-state index contributed by atoms with van der Waals surface area (Å²) in [6.07, 6.45) is 0. The van der Waals surface area contributed by atoms with E-state index in [0.29, 0.717) is 19.0 Å². The van der Waals surface area contributed by atoms with E-state index in [1.807, 2.05) is 6.92 Å². The molecule has 0 aliphatic rings. The van der Waals surface area contributed by atoms with Gasteiger partial charge in [0.1, 0.15) is 5.75 Å². The molecule has 1 rings (SSSR count). The quantitative estimate of drug-likeness (QED) is 0.756. The highest BCUT2D eigenvalue weighted by atomic mass is 19.1. The highest BCUT2D eigenvalue weighted by molar-refractivity contribution is 5.56. The van der Waals surface area contributed by atoms with E-state index in [1.54, 1.807) is 6.92 Å². The monoisotopic (exact) mass is 199 g/mol. The summed E-state index contributed by atoms with van der Waals surface area (Å²) in [6.45, 7) is 4.52. The molecule has 0 heterocycles. The first-order valence-corrected chi connectivity index (χ1v) is 4.53. The van der Waals surface area contributed by atoms with Crippen LogP contribution in [0.15, 0.2) is 12.1 Å². The van der Waals surface area contributed by atoms with Crippen molar-refractivity contribution in [3.05, 3.63) is 17.9 Å². The summed E-state index contributed by atoms with van der Waals surface area (Å²) in [5.41, 5.74) is 5.84. The molecule has 0 radical (unpaired) electrons. The predicted octanol–water partition coefficient (Wildman–Crippen LogP) is 2.21. The molecule has 78 valence electrons. The first-order valence-electron chi connectivity index (χ1n) is 4.53. The normalized spacial score (nSPS) is 9.93. The Kier molecular flexibility index (Phi) is 3.56. The zero-order chi connectivity index (χ0) is 10.6. The zero-order valence-electron chi connectivity index (χ0n) is 8.34. The Balaban J connectivity index is 3.00. The smallest absolute Gasteiger partial charge is 0.167 e. The van der Waals surface area contributed by atoms with Crippen molar-refractivity contribution < 1.29 is 13.9 Å². The van der Waals surface area contributed by atoms with Gasteiger partial charge in [-0.2, -0.15) is 0 Å². The van der Waals surface area contributed by atoms with Crippen LogP contribution in [0.5, 0.6) is 11.5 Å². The van der Waals surface area contributed by atoms with E-state index in [4.69, 9.17) is 15.2 Å². The number of rotatable bonds is 4. The van der Waals surface area contributed by atoms with Crippen LogP contribution >= 0.6 is 0 Å². The molecule has 1 aromatic carbocycles. The third-order valence-corrected chi connectivity index (χ3v) is 1.66. The minimum atomic E-state index is -0.465. The third kappa shape index (κ3) is 2.28. The Morgan fingerprint density at radius 3 is 2.29 bits per heavy atom. The molecular weight excluding hydrogens is 185 g/mol. The summed E-state index contributed by atoms with van der Waals surface area (Å²) in [5, 5.41) is 0. The summed E-state index contributed by atoms with van der Waals surface area (Å²) in [6, 6.07) is 2.67. The van der Waals surface area contributed by atoms with Gasteiger partial charge in [0, 0.05) is 12.1 Å². The highest BCUT2D eigenvalue weighted by Crippen LogP contribution is 2.29. The van der Waals surface area contributed by atoms with Crippen molar-refractivity contribution in [1.82, 2.24) is 0 Å². The number of nitrogen functional groups attached to an aromatic ring is 1. The van der Waals surface area contributed by atoms with Crippen molar-refractivity contribution in [1.29, 1.82) is 0 Å². The second kappa shape index (κ2) is 4.69. The van der Waals surface area contributed by atoms with Crippen LogP contribution in [-0.2, 0) is 0 Å². The maximum atomic E-state index is 13.2. The number of halogens is 1. The molecule has 0 aliphatic carbocycles. The standard InChI is InChI=1S/C10H14FNO2/c1-3-13-9-6-10(14-4-2)8(12)5-7(9)11/h5-6H,3-4,12H2,1-2H3. The molecule has 0 saturated carbocycles. The Morgan fingerprint density at radius 2 is 1.71 bits per heavy atom. The summed E-state index contributed by atoms with van der Waals surface area (Å²) < 4.78 is 23.5. The summed E-state index contributed by atoms with van der Waals surface area (Å²) >= 11 is 0. The molecule has 0 fully saturated rings. The molecule has 3 nitrogen and oxygen atoms in total. The second-order valence-corrected chi connectivity index (χ2v) is 2.69. The van der Waals surface area contributed by atoms with Gasteiger partial charge in [-0.05, 0) is 13.8 Å². The van der Waals surface area contributed by atoms with Gasteiger partial charge in [0.05, 0.1) is 18.9 Å². The van der Waals surface area contributed by atoms with Crippen LogP contribution in [0.2, 0.25) is 0 Å². The summed E-state index contributed by atoms with van der Waals surface area (Å²) in [5.74, 6) is 0.162. The number of anilines is 1. The van der Waals surface area contributed by atoms with Crippen LogP contribution in [-0.4, -0.2) is 13.2 Å². The topological polar surface area (TPSA) is 44.5 Å². The van der Waals surface area contributed by atoms with Crippen molar-refractivity contribution in [2.45, 2.75) is 13.8 Å². The molecule has 0 aliphatic heterocycles. The van der Waals surface area contributed by atoms with Crippen molar-refractivity contribution in [3.63, 3.8) is 0 Å². The van der Waals surface area contributed by atoms with Crippen molar-refractivity contribution in [3.8, 4) is 11.5 Å². The SMILES string of the molecule is CCOc1cc(OCC)c(F)cc1N. The summed E-state index contributed by atoms with van der Waals surface area (Å²) in [4.78, 5) is 0. The molecule has 0 saturated heterocycles. The number of hydrogen-bond acceptors (Lipinski definition) is 3. The highest BCUT2D eigenvalue weighted by Gasteiger charge is 2.09. The van der Waals surface area contributed by atoms with Crippen molar-refractivity contribution in [2.75, 3.05) is 18.9 Å². The molecule has 0 aromatic heterocycles. The maximum absolute atomic E-state index is 13.2. The Hall–Kier alpha value is -1.45. The number of benzene rings is 1. The zero-order valence-corrected chi connectivity index (χ0v) is 8.34. The molecular formula is C10H14FNO2. The van der Waals surface area contributed by atoms with Gasteiger partial charge < -0.3 is 15.2 Å². The van der Waals surface area contributed by atoms with Gasteiger partial charge >= 0.3 is 0 Å². The van der Waals surface area contributed by atoms with Gasteiger partial charge in [-0.1, -0.05) is 0 Å². The largest absolute Gasteiger partial charge is 0.492 e. The average Bonchev–Trinajstić information content (AvgIpc) is 2.14. The van der Waals surface area contributed by atoms with E-state index >= 15 is 0 Å². The lowest BCUT2D eigenvalue weighted by Crippen LogP contribution is -2.00. The fraction of sp³-hybridized carbons (Fsp3) is 0.400. The van der Waals surface area contributed by atoms with E-state index in [0.717, 1.165) is 0 Å². The Morgan fingerprint density at radius 1 is 1.14 bits per heavy atom. The maximum Gasteiger partial charge on any atom is 0.167 e. The third-order valence-electron chi connectivity index (χ3n) is 1.66. The lowest BCUT2D eigenvalue weighted by Gasteiger charge is -2.10. The van der Waals surface area contributed by atoms with Crippen LogP contribution < -0.4 is 15.2 Å². The van der Waals surface area contributed by atoms with Gasteiger partial charge in [0.15, 0.2) is 11.6 Å². The van der Waals surface area contributed by atoms with Crippen LogP contribution in [0.3, 0.4) is 0 Å². The molecule has 14 heavy (non-hydrogen) atoms. The molecule has 1 aromatic rings. The number of ether oxygens (including phenoxy) is 2. The van der Waals surface area contributed by atoms with Gasteiger partial charge in [-0.15, -0.1) is 0 Å². The van der Waals surface area contributed by atoms with Gasteiger partial charge in [0.25, 0.3) is 0 Å². The predicted molar refractivity (Wildman–Crippen MR) is 53.2 cm³/mol. The molecule has 0 bridgehead atoms. The fourth-order valence-corrected chi connectivity index (χ4v) is 1.10. The minimum Gasteiger partial charge on any atom is -0.492 e. The molecule has 2 N–H and O–H groups in total. The minimum absolute atomic E-state index is 0.171. The molecule has 0 amide bonds. The van der Waals surface area contributed by atoms with Crippen LogP contribution in [0.1, 0.15) is 13.8 Å². The van der Waals surface area contributed by atoms with E-state index in [2.05, 4.69) is 0 Å². The molecule has 0 atom stereocenters. The molecule has 0 spiro atoms. The van der Waals surface area contributed by atoms with Crippen LogP contribution in [0, 0.1) is 5.82 Å². The van der Waals surface area contributed by atoms with Crippen molar-refractivity contribution >= 4 is 5.69 Å². The van der Waals surface area contributed by atoms with E-state index in [1.165, 1.54) is 12.1 Å². The van der Waals surface area contributed by atoms with Gasteiger partial charge in [-0.3, -0.25) is 0 Å². The van der Waals surface area contributed by atoms with Crippen molar-refractivity contribution in [2.24, 2.45) is 0 Å². The van der Waals surface area contributed by atoms with E-state index in [-0.39, 0.29) is 11.4 Å². The lowest BCUT2D eigenvalue weighted by molar-refractivity contribution is 0.310.